The molecule has 0 saturated heterocycles. The van der Waals surface area contributed by atoms with Crippen molar-refractivity contribution in [2.45, 2.75) is 213 Å². The Morgan fingerprint density at radius 3 is 1.29 bits per heavy atom. The van der Waals surface area contributed by atoms with E-state index in [2.05, 4.69) is 50.3 Å². The van der Waals surface area contributed by atoms with E-state index in [1.165, 1.54) is 128 Å². The van der Waals surface area contributed by atoms with Crippen molar-refractivity contribution in [1.29, 1.82) is 0 Å². The van der Waals surface area contributed by atoms with E-state index in [0.29, 0.717) is 12.8 Å². The van der Waals surface area contributed by atoms with Crippen LogP contribution in [-0.2, 0) is 19.1 Å². The molecule has 0 rings (SSSR count). The van der Waals surface area contributed by atoms with Gasteiger partial charge in [0, 0.05) is 12.8 Å². The number of carbonyl (C=O) groups excluding carboxylic acids is 2. The number of esters is 2. The average Bonchev–Trinajstić information content (AvgIpc) is 3.09. The zero-order chi connectivity index (χ0) is 35.0. The first-order valence-corrected chi connectivity index (χ1v) is 20.5. The maximum Gasteiger partial charge on any atom is 0.306 e. The Kier molecular flexibility index (Phi) is 38.0. The second-order valence-electron chi connectivity index (χ2n) is 13.7. The smallest absolute Gasteiger partial charge is 0.306 e. The van der Waals surface area contributed by atoms with Crippen LogP contribution in [0.5, 0.6) is 0 Å². The minimum absolute atomic E-state index is 0.0704. The number of hydrogen-bond donors (Lipinski definition) is 1. The van der Waals surface area contributed by atoms with Crippen LogP contribution in [0.25, 0.3) is 0 Å². The van der Waals surface area contributed by atoms with Gasteiger partial charge >= 0.3 is 11.9 Å². The van der Waals surface area contributed by atoms with Crippen molar-refractivity contribution in [1.82, 2.24) is 0 Å². The van der Waals surface area contributed by atoms with Gasteiger partial charge in [-0.1, -0.05) is 159 Å². The first kappa shape index (κ1) is 46.1. The number of allylic oxidation sites excluding steroid dienone is 6. The number of unbranched alkanes of at least 4 members (excludes halogenated alkanes) is 23. The fraction of sp³-hybridized carbons (Fsp3) is 0.814. The van der Waals surface area contributed by atoms with Crippen molar-refractivity contribution < 1.29 is 24.2 Å². The van der Waals surface area contributed by atoms with Gasteiger partial charge in [0.2, 0.25) is 0 Å². The van der Waals surface area contributed by atoms with Crippen molar-refractivity contribution in [3.63, 3.8) is 0 Å². The molecule has 0 amide bonds. The maximum atomic E-state index is 12.2. The van der Waals surface area contributed by atoms with Crippen molar-refractivity contribution >= 4 is 11.9 Å². The van der Waals surface area contributed by atoms with Crippen LogP contribution >= 0.6 is 0 Å². The molecule has 0 aromatic carbocycles. The molecule has 1 atom stereocenters. The Hall–Kier alpha value is -1.88. The SMILES string of the molecule is CCCCCC=CCC=CCCCCCCCCCC(=O)OCC(CO)OC(=O)CCCCCCCCCC=CCCCCCCCC. The van der Waals surface area contributed by atoms with Gasteiger partial charge in [-0.25, -0.2) is 0 Å². The van der Waals surface area contributed by atoms with Crippen LogP contribution in [0.15, 0.2) is 36.5 Å². The molecule has 5 nitrogen and oxygen atoms in total. The zero-order valence-electron chi connectivity index (χ0n) is 31.7. The molecular weight excluding hydrogens is 596 g/mol. The molecule has 0 saturated carbocycles. The van der Waals surface area contributed by atoms with Gasteiger partial charge < -0.3 is 14.6 Å². The van der Waals surface area contributed by atoms with Crippen LogP contribution in [0.3, 0.4) is 0 Å². The van der Waals surface area contributed by atoms with Crippen LogP contribution in [0.4, 0.5) is 0 Å². The van der Waals surface area contributed by atoms with Gasteiger partial charge in [0.25, 0.3) is 0 Å². The standard InChI is InChI=1S/C43H78O5/c1-3-5-7-9-11-13-15-17-19-21-23-25-27-29-31-33-35-37-42(45)47-40-41(39-44)48-43(46)38-36-34-32-30-28-26-24-22-20-18-16-14-12-10-8-6-4-2/h11,13,17-20,41,44H,3-10,12,14-16,21-40H2,1-2H3. The van der Waals surface area contributed by atoms with Gasteiger partial charge in [0.15, 0.2) is 6.10 Å². The van der Waals surface area contributed by atoms with Gasteiger partial charge in [0.05, 0.1) is 6.61 Å². The Morgan fingerprint density at radius 2 is 0.833 bits per heavy atom. The summed E-state index contributed by atoms with van der Waals surface area (Å²) in [6, 6.07) is 0. The Balaban J connectivity index is 3.56. The summed E-state index contributed by atoms with van der Waals surface area (Å²) in [6.07, 6.45) is 47.7. The highest BCUT2D eigenvalue weighted by Crippen LogP contribution is 2.13. The summed E-state index contributed by atoms with van der Waals surface area (Å²) in [5.74, 6) is -0.601. The molecule has 280 valence electrons. The van der Waals surface area contributed by atoms with E-state index in [-0.39, 0.29) is 25.2 Å². The molecule has 1 N–H and O–H groups in total. The Labute approximate surface area is 297 Å². The summed E-state index contributed by atoms with van der Waals surface area (Å²) in [6.45, 7) is 4.10. The predicted molar refractivity (Wildman–Crippen MR) is 205 cm³/mol. The van der Waals surface area contributed by atoms with Crippen LogP contribution in [0.2, 0.25) is 0 Å². The summed E-state index contributed by atoms with van der Waals surface area (Å²) in [5, 5.41) is 9.56. The zero-order valence-corrected chi connectivity index (χ0v) is 31.7. The van der Waals surface area contributed by atoms with E-state index in [1.54, 1.807) is 0 Å². The van der Waals surface area contributed by atoms with Gasteiger partial charge in [0.1, 0.15) is 6.61 Å². The molecule has 0 heterocycles. The van der Waals surface area contributed by atoms with Gasteiger partial charge in [-0.15, -0.1) is 0 Å². The lowest BCUT2D eigenvalue weighted by atomic mass is 10.1. The van der Waals surface area contributed by atoms with Crippen molar-refractivity contribution in [2.75, 3.05) is 13.2 Å². The highest BCUT2D eigenvalue weighted by molar-refractivity contribution is 5.70. The lowest BCUT2D eigenvalue weighted by Gasteiger charge is -2.15. The van der Waals surface area contributed by atoms with E-state index in [1.807, 2.05) is 0 Å². The molecule has 0 radical (unpaired) electrons. The van der Waals surface area contributed by atoms with E-state index >= 15 is 0 Å². The molecule has 0 spiro atoms. The summed E-state index contributed by atoms with van der Waals surface area (Å²) >= 11 is 0. The van der Waals surface area contributed by atoms with E-state index in [4.69, 9.17) is 9.47 Å². The second-order valence-corrected chi connectivity index (χ2v) is 13.7. The monoisotopic (exact) mass is 675 g/mol. The number of ether oxygens (including phenoxy) is 2. The van der Waals surface area contributed by atoms with Crippen molar-refractivity contribution in [3.8, 4) is 0 Å². The van der Waals surface area contributed by atoms with E-state index in [0.717, 1.165) is 51.4 Å². The first-order valence-electron chi connectivity index (χ1n) is 20.5. The topological polar surface area (TPSA) is 72.8 Å². The van der Waals surface area contributed by atoms with Gasteiger partial charge in [-0.3, -0.25) is 9.59 Å². The second kappa shape index (κ2) is 39.6. The van der Waals surface area contributed by atoms with Crippen molar-refractivity contribution in [2.24, 2.45) is 0 Å². The minimum Gasteiger partial charge on any atom is -0.462 e. The molecule has 0 aromatic rings. The van der Waals surface area contributed by atoms with Crippen LogP contribution in [0, 0.1) is 0 Å². The summed E-state index contributed by atoms with van der Waals surface area (Å²) in [4.78, 5) is 24.3. The van der Waals surface area contributed by atoms with Crippen LogP contribution in [-0.4, -0.2) is 36.4 Å². The number of carbonyl (C=O) groups is 2. The quantitative estimate of drug-likeness (QED) is 0.0403. The lowest BCUT2D eigenvalue weighted by Crippen LogP contribution is -2.28. The third kappa shape index (κ3) is 36.9. The molecule has 0 aromatic heterocycles. The summed E-state index contributed by atoms with van der Waals surface area (Å²) < 4.78 is 10.6. The first-order chi connectivity index (χ1) is 23.6. The highest BCUT2D eigenvalue weighted by atomic mass is 16.6. The number of hydrogen-bond acceptors (Lipinski definition) is 5. The third-order valence-electron chi connectivity index (χ3n) is 8.91. The molecule has 0 aliphatic rings. The molecule has 0 fully saturated rings. The maximum absolute atomic E-state index is 12.2. The molecule has 0 aliphatic heterocycles. The van der Waals surface area contributed by atoms with E-state index < -0.39 is 6.10 Å². The molecule has 48 heavy (non-hydrogen) atoms. The molecule has 5 heteroatoms. The van der Waals surface area contributed by atoms with E-state index in [9.17, 15) is 14.7 Å². The number of rotatable bonds is 37. The number of aliphatic hydroxyl groups is 1. The fourth-order valence-electron chi connectivity index (χ4n) is 5.75. The molecule has 0 bridgehead atoms. The fourth-order valence-corrected chi connectivity index (χ4v) is 5.75. The van der Waals surface area contributed by atoms with Gasteiger partial charge in [-0.2, -0.15) is 0 Å². The minimum atomic E-state index is -0.775. The summed E-state index contributed by atoms with van der Waals surface area (Å²) in [7, 11) is 0. The molecule has 1 unspecified atom stereocenters. The average molecular weight is 675 g/mol. The Bertz CT molecular complexity index is 771. The summed E-state index contributed by atoms with van der Waals surface area (Å²) in [5.41, 5.74) is 0. The predicted octanol–water partition coefficient (Wildman–Crippen LogP) is 12.8. The lowest BCUT2D eigenvalue weighted by molar-refractivity contribution is -0.161. The molecule has 0 aliphatic carbocycles. The largest absolute Gasteiger partial charge is 0.462 e. The van der Waals surface area contributed by atoms with Crippen LogP contribution < -0.4 is 0 Å². The number of aliphatic hydroxyl groups excluding tert-OH is 1. The normalized spacial score (nSPS) is 12.5. The van der Waals surface area contributed by atoms with Gasteiger partial charge in [-0.05, 0) is 70.6 Å². The van der Waals surface area contributed by atoms with Crippen molar-refractivity contribution in [3.05, 3.63) is 36.5 Å². The highest BCUT2D eigenvalue weighted by Gasteiger charge is 2.16. The molecular formula is C43H78O5. The Morgan fingerprint density at radius 1 is 0.479 bits per heavy atom. The van der Waals surface area contributed by atoms with Crippen LogP contribution in [0.1, 0.15) is 206 Å². The third-order valence-corrected chi connectivity index (χ3v) is 8.91.